The van der Waals surface area contributed by atoms with E-state index in [-0.39, 0.29) is 22.7 Å². The number of nitro benzene ring substituents is 1. The molecule has 0 bridgehead atoms. The molecule has 9 heteroatoms. The molecule has 2 aromatic heterocycles. The predicted octanol–water partition coefficient (Wildman–Crippen LogP) is 4.50. The largest absolute Gasteiger partial charge is 0.372 e. The van der Waals surface area contributed by atoms with Gasteiger partial charge in [-0.15, -0.1) is 0 Å². The molecule has 0 fully saturated rings. The van der Waals surface area contributed by atoms with E-state index >= 15 is 0 Å². The topological polar surface area (TPSA) is 107 Å². The molecule has 0 aliphatic rings. The maximum Gasteiger partial charge on any atom is 0.271 e. The minimum atomic E-state index is -0.492. The second kappa shape index (κ2) is 7.49. The van der Waals surface area contributed by atoms with Gasteiger partial charge in [0.05, 0.1) is 15.6 Å². The number of nitrogens with one attached hydrogen (secondary N) is 1. The predicted molar refractivity (Wildman–Crippen MR) is 96.8 cm³/mol. The molecule has 0 spiro atoms. The molecule has 1 N–H and O–H groups in total. The summed E-state index contributed by atoms with van der Waals surface area (Å²) < 4.78 is 5.41. The Morgan fingerprint density at radius 2 is 2.12 bits per heavy atom. The van der Waals surface area contributed by atoms with Gasteiger partial charge in [0.25, 0.3) is 5.69 Å². The van der Waals surface area contributed by atoms with E-state index in [9.17, 15) is 10.1 Å². The first kappa shape index (κ1) is 17.8. The van der Waals surface area contributed by atoms with Gasteiger partial charge in [0.1, 0.15) is 6.04 Å². The van der Waals surface area contributed by atoms with E-state index in [2.05, 4.69) is 20.4 Å². The van der Waals surface area contributed by atoms with Crippen LogP contribution in [0.15, 0.2) is 47.2 Å². The Balaban J connectivity index is 1.87. The molecule has 1 unspecified atom stereocenters. The number of aromatic nitrogens is 3. The summed E-state index contributed by atoms with van der Waals surface area (Å²) in [6.45, 7) is 3.98. The smallest absolute Gasteiger partial charge is 0.271 e. The van der Waals surface area contributed by atoms with Gasteiger partial charge in [-0.25, -0.2) is 0 Å². The van der Waals surface area contributed by atoms with E-state index < -0.39 is 4.92 Å². The van der Waals surface area contributed by atoms with Crippen LogP contribution < -0.4 is 5.32 Å². The molecular weight excluding hydrogens is 358 g/mol. The number of non-ortho nitro benzene ring substituents is 1. The van der Waals surface area contributed by atoms with E-state index in [0.717, 1.165) is 5.56 Å². The molecule has 1 aromatic carbocycles. The molecule has 1 atom stereocenters. The highest BCUT2D eigenvalue weighted by atomic mass is 35.5. The Bertz CT molecular complexity index is 914. The molecule has 26 heavy (non-hydrogen) atoms. The van der Waals surface area contributed by atoms with E-state index in [1.165, 1.54) is 12.1 Å². The second-order valence-corrected chi connectivity index (χ2v) is 6.39. The molecule has 0 amide bonds. The Kier molecular flexibility index (Phi) is 5.13. The van der Waals surface area contributed by atoms with Crippen molar-refractivity contribution in [1.82, 2.24) is 15.1 Å². The third-order valence-electron chi connectivity index (χ3n) is 3.77. The van der Waals surface area contributed by atoms with Crippen molar-refractivity contribution in [2.75, 3.05) is 5.32 Å². The summed E-state index contributed by atoms with van der Waals surface area (Å²) in [7, 11) is 0. The minimum absolute atomic E-state index is 0.0710. The molecule has 0 saturated heterocycles. The van der Waals surface area contributed by atoms with Crippen LogP contribution in [-0.2, 0) is 0 Å². The van der Waals surface area contributed by atoms with Crippen LogP contribution in [0, 0.1) is 16.0 Å². The van der Waals surface area contributed by atoms with Crippen molar-refractivity contribution in [1.29, 1.82) is 0 Å². The van der Waals surface area contributed by atoms with Crippen molar-refractivity contribution in [3.8, 4) is 11.4 Å². The number of rotatable bonds is 6. The maximum absolute atomic E-state index is 10.8. The van der Waals surface area contributed by atoms with Gasteiger partial charge in [-0.05, 0) is 24.1 Å². The molecule has 0 aliphatic heterocycles. The third kappa shape index (κ3) is 3.80. The van der Waals surface area contributed by atoms with Crippen molar-refractivity contribution in [3.63, 3.8) is 0 Å². The lowest BCUT2D eigenvalue weighted by atomic mass is 10.0. The standard InChI is InChI=1S/C17H16ClN5O3/c1-10(2)15(20-14-6-5-12(23(24)25)8-13(14)18)17-21-16(22-26-17)11-4-3-7-19-9-11/h3-10,15,20H,1-2H3. The van der Waals surface area contributed by atoms with Crippen LogP contribution in [0.5, 0.6) is 0 Å². The van der Waals surface area contributed by atoms with Gasteiger partial charge in [-0.1, -0.05) is 30.6 Å². The number of halogens is 1. The van der Waals surface area contributed by atoms with Crippen LogP contribution in [0.3, 0.4) is 0 Å². The molecule has 3 rings (SSSR count). The first-order valence-corrected chi connectivity index (χ1v) is 8.28. The van der Waals surface area contributed by atoms with Gasteiger partial charge in [-0.2, -0.15) is 4.98 Å². The molecule has 0 saturated carbocycles. The zero-order valence-electron chi connectivity index (χ0n) is 14.1. The molecule has 0 radical (unpaired) electrons. The molecule has 8 nitrogen and oxygen atoms in total. The highest BCUT2D eigenvalue weighted by Crippen LogP contribution is 2.32. The van der Waals surface area contributed by atoms with Crippen LogP contribution in [-0.4, -0.2) is 20.0 Å². The van der Waals surface area contributed by atoms with Crippen molar-refractivity contribution in [2.45, 2.75) is 19.9 Å². The number of nitro groups is 1. The van der Waals surface area contributed by atoms with Crippen LogP contribution in [0.2, 0.25) is 5.02 Å². The van der Waals surface area contributed by atoms with E-state index in [0.29, 0.717) is 17.4 Å². The average molecular weight is 374 g/mol. The van der Waals surface area contributed by atoms with Crippen LogP contribution in [0.1, 0.15) is 25.8 Å². The van der Waals surface area contributed by atoms with Gasteiger partial charge < -0.3 is 9.84 Å². The van der Waals surface area contributed by atoms with Crippen LogP contribution >= 0.6 is 11.6 Å². The maximum atomic E-state index is 10.8. The molecule has 134 valence electrons. The molecule has 3 aromatic rings. The fraction of sp³-hybridized carbons (Fsp3) is 0.235. The molecule has 2 heterocycles. The zero-order valence-corrected chi connectivity index (χ0v) is 14.8. The van der Waals surface area contributed by atoms with Gasteiger partial charge in [0, 0.05) is 30.1 Å². The van der Waals surface area contributed by atoms with Gasteiger partial charge in [-0.3, -0.25) is 15.1 Å². The second-order valence-electron chi connectivity index (χ2n) is 5.99. The lowest BCUT2D eigenvalue weighted by molar-refractivity contribution is -0.384. The Morgan fingerprint density at radius 1 is 1.31 bits per heavy atom. The number of hydrogen-bond acceptors (Lipinski definition) is 7. The van der Waals surface area contributed by atoms with Gasteiger partial charge in [0.2, 0.25) is 11.7 Å². The summed E-state index contributed by atoms with van der Waals surface area (Å²) in [6, 6.07) is 7.57. The number of pyridine rings is 1. The molecule has 0 aliphatic carbocycles. The summed E-state index contributed by atoms with van der Waals surface area (Å²) >= 11 is 6.17. The first-order valence-electron chi connectivity index (χ1n) is 7.90. The third-order valence-corrected chi connectivity index (χ3v) is 4.08. The lowest BCUT2D eigenvalue weighted by Crippen LogP contribution is -2.17. The van der Waals surface area contributed by atoms with Crippen molar-refractivity contribution in [2.24, 2.45) is 5.92 Å². The Hall–Kier alpha value is -3.00. The fourth-order valence-electron chi connectivity index (χ4n) is 2.39. The first-order chi connectivity index (χ1) is 12.5. The Morgan fingerprint density at radius 3 is 2.73 bits per heavy atom. The van der Waals surface area contributed by atoms with Crippen molar-refractivity contribution in [3.05, 3.63) is 63.8 Å². The highest BCUT2D eigenvalue weighted by molar-refractivity contribution is 6.33. The highest BCUT2D eigenvalue weighted by Gasteiger charge is 2.24. The van der Waals surface area contributed by atoms with Crippen LogP contribution in [0.4, 0.5) is 11.4 Å². The number of nitrogens with zero attached hydrogens (tertiary/aromatic N) is 4. The quantitative estimate of drug-likeness (QED) is 0.500. The van der Waals surface area contributed by atoms with Gasteiger partial charge >= 0.3 is 0 Å². The SMILES string of the molecule is CC(C)C(Nc1ccc([N+](=O)[O-])cc1Cl)c1nc(-c2cccnc2)no1. The van der Waals surface area contributed by atoms with Crippen molar-refractivity contribution < 1.29 is 9.45 Å². The lowest BCUT2D eigenvalue weighted by Gasteiger charge is -2.20. The number of benzene rings is 1. The van der Waals surface area contributed by atoms with E-state index in [4.69, 9.17) is 16.1 Å². The average Bonchev–Trinajstić information content (AvgIpc) is 3.10. The number of anilines is 1. The summed E-state index contributed by atoms with van der Waals surface area (Å²) in [5.74, 6) is 0.937. The summed E-state index contributed by atoms with van der Waals surface area (Å²) in [5, 5.41) is 18.3. The fourth-order valence-corrected chi connectivity index (χ4v) is 2.62. The normalized spacial score (nSPS) is 12.2. The summed E-state index contributed by atoms with van der Waals surface area (Å²) in [4.78, 5) is 18.8. The van der Waals surface area contributed by atoms with Gasteiger partial charge in [0.15, 0.2) is 0 Å². The summed E-state index contributed by atoms with van der Waals surface area (Å²) in [6.07, 6.45) is 3.32. The zero-order chi connectivity index (χ0) is 18.7. The molecular formula is C17H16ClN5O3. The monoisotopic (exact) mass is 373 g/mol. The van der Waals surface area contributed by atoms with Crippen LogP contribution in [0.25, 0.3) is 11.4 Å². The van der Waals surface area contributed by atoms with E-state index in [1.54, 1.807) is 24.5 Å². The van der Waals surface area contributed by atoms with E-state index in [1.807, 2.05) is 19.9 Å². The minimum Gasteiger partial charge on any atom is -0.372 e. The Labute approximate surface area is 154 Å². The summed E-state index contributed by atoms with van der Waals surface area (Å²) in [5.41, 5.74) is 1.23. The van der Waals surface area contributed by atoms with Crippen molar-refractivity contribution >= 4 is 23.0 Å². The number of hydrogen-bond donors (Lipinski definition) is 1.